The van der Waals surface area contributed by atoms with E-state index in [1.807, 2.05) is 49.1 Å². The van der Waals surface area contributed by atoms with E-state index in [0.29, 0.717) is 43.1 Å². The third-order valence-electron chi connectivity index (χ3n) is 6.31. The number of hydrogen-bond acceptors (Lipinski definition) is 3. The SMILES string of the molecule is CCOC(=O)C1CCN(C(=O)c2cc(-c3ccc(Cl)cc3)n(-c3ccc(C)cc3)c2C)CC1. The van der Waals surface area contributed by atoms with Crippen LogP contribution in [0.5, 0.6) is 0 Å². The first kappa shape index (κ1) is 23.1. The number of halogens is 1. The van der Waals surface area contributed by atoms with Gasteiger partial charge in [0.15, 0.2) is 0 Å². The van der Waals surface area contributed by atoms with Crippen LogP contribution >= 0.6 is 11.6 Å². The molecule has 1 aliphatic rings. The molecule has 2 aromatic carbocycles. The fraction of sp³-hybridized carbons (Fsp3) is 0.333. The Hall–Kier alpha value is -3.05. The minimum Gasteiger partial charge on any atom is -0.466 e. The zero-order chi connectivity index (χ0) is 23.5. The van der Waals surface area contributed by atoms with Gasteiger partial charge in [-0.25, -0.2) is 0 Å². The maximum Gasteiger partial charge on any atom is 0.309 e. The Kier molecular flexibility index (Phi) is 6.89. The zero-order valence-electron chi connectivity index (χ0n) is 19.3. The lowest BCUT2D eigenvalue weighted by Gasteiger charge is -2.31. The van der Waals surface area contributed by atoms with Crippen LogP contribution in [0.3, 0.4) is 0 Å². The summed E-state index contributed by atoms with van der Waals surface area (Å²) in [6.07, 6.45) is 1.26. The third kappa shape index (κ3) is 4.83. The van der Waals surface area contributed by atoms with E-state index >= 15 is 0 Å². The Morgan fingerprint density at radius 3 is 2.24 bits per heavy atom. The van der Waals surface area contributed by atoms with Crippen molar-refractivity contribution in [1.82, 2.24) is 9.47 Å². The Balaban J connectivity index is 1.67. The Morgan fingerprint density at radius 2 is 1.64 bits per heavy atom. The second-order valence-corrected chi connectivity index (χ2v) is 8.96. The highest BCUT2D eigenvalue weighted by molar-refractivity contribution is 6.30. The molecule has 0 atom stereocenters. The van der Waals surface area contributed by atoms with E-state index < -0.39 is 0 Å². The number of likely N-dealkylation sites (tertiary alicyclic amines) is 1. The van der Waals surface area contributed by atoms with Gasteiger partial charge < -0.3 is 14.2 Å². The molecule has 0 bridgehead atoms. The predicted molar refractivity (Wildman–Crippen MR) is 131 cm³/mol. The number of aromatic nitrogens is 1. The summed E-state index contributed by atoms with van der Waals surface area (Å²) in [5, 5.41) is 0.671. The van der Waals surface area contributed by atoms with Crippen molar-refractivity contribution in [3.8, 4) is 16.9 Å². The quantitative estimate of drug-likeness (QED) is 0.446. The molecular formula is C27H29ClN2O3. The molecule has 5 nitrogen and oxygen atoms in total. The van der Waals surface area contributed by atoms with E-state index in [4.69, 9.17) is 16.3 Å². The standard InChI is InChI=1S/C27H29ClN2O3/c1-4-33-27(32)21-13-15-29(16-14-21)26(31)24-17-25(20-7-9-22(28)10-8-20)30(19(24)3)23-11-5-18(2)6-12-23/h5-12,17,21H,4,13-16H2,1-3H3. The highest BCUT2D eigenvalue weighted by Gasteiger charge is 2.30. The van der Waals surface area contributed by atoms with Crippen molar-refractivity contribution in [3.63, 3.8) is 0 Å². The highest BCUT2D eigenvalue weighted by atomic mass is 35.5. The van der Waals surface area contributed by atoms with Crippen LogP contribution in [-0.2, 0) is 9.53 Å². The smallest absolute Gasteiger partial charge is 0.309 e. The Labute approximate surface area is 199 Å². The molecule has 0 spiro atoms. The van der Waals surface area contributed by atoms with Crippen molar-refractivity contribution < 1.29 is 14.3 Å². The van der Waals surface area contributed by atoms with E-state index in [2.05, 4.69) is 35.8 Å². The summed E-state index contributed by atoms with van der Waals surface area (Å²) >= 11 is 6.12. The molecule has 0 radical (unpaired) electrons. The van der Waals surface area contributed by atoms with Gasteiger partial charge >= 0.3 is 5.97 Å². The summed E-state index contributed by atoms with van der Waals surface area (Å²) < 4.78 is 7.29. The lowest BCUT2D eigenvalue weighted by Crippen LogP contribution is -2.40. The fourth-order valence-corrected chi connectivity index (χ4v) is 4.56. The number of rotatable bonds is 5. The predicted octanol–water partition coefficient (Wildman–Crippen LogP) is 5.83. The Morgan fingerprint density at radius 1 is 1.00 bits per heavy atom. The fourth-order valence-electron chi connectivity index (χ4n) is 4.43. The van der Waals surface area contributed by atoms with Gasteiger partial charge in [0.25, 0.3) is 5.91 Å². The summed E-state index contributed by atoms with van der Waals surface area (Å²) in [5.41, 5.74) is 5.68. The number of carbonyl (C=O) groups is 2. The average Bonchev–Trinajstić information content (AvgIpc) is 3.17. The van der Waals surface area contributed by atoms with Crippen LogP contribution in [0.1, 0.15) is 41.4 Å². The first-order valence-corrected chi connectivity index (χ1v) is 11.8. The molecule has 1 saturated heterocycles. The molecule has 1 fully saturated rings. The molecule has 3 aromatic rings. The third-order valence-corrected chi connectivity index (χ3v) is 6.56. The molecule has 0 unspecified atom stereocenters. The summed E-state index contributed by atoms with van der Waals surface area (Å²) in [6, 6.07) is 17.9. The molecule has 6 heteroatoms. The number of benzene rings is 2. The van der Waals surface area contributed by atoms with Crippen molar-refractivity contribution in [2.45, 2.75) is 33.6 Å². The van der Waals surface area contributed by atoms with Crippen LogP contribution in [-0.4, -0.2) is 41.0 Å². The van der Waals surface area contributed by atoms with Crippen molar-refractivity contribution >= 4 is 23.5 Å². The number of esters is 1. The van der Waals surface area contributed by atoms with Gasteiger partial charge in [0.05, 0.1) is 23.8 Å². The van der Waals surface area contributed by atoms with Crippen molar-refractivity contribution in [3.05, 3.63) is 76.4 Å². The van der Waals surface area contributed by atoms with Gasteiger partial charge in [-0.1, -0.05) is 41.4 Å². The van der Waals surface area contributed by atoms with Gasteiger partial charge in [0, 0.05) is 29.5 Å². The molecule has 0 aliphatic carbocycles. The summed E-state index contributed by atoms with van der Waals surface area (Å²) in [6.45, 7) is 7.34. The highest BCUT2D eigenvalue weighted by Crippen LogP contribution is 2.32. The molecule has 33 heavy (non-hydrogen) atoms. The molecule has 2 heterocycles. The van der Waals surface area contributed by atoms with Crippen LogP contribution in [0.4, 0.5) is 0 Å². The number of hydrogen-bond donors (Lipinski definition) is 0. The van der Waals surface area contributed by atoms with Gasteiger partial charge in [0.2, 0.25) is 0 Å². The number of ether oxygens (including phenoxy) is 1. The first-order chi connectivity index (χ1) is 15.9. The summed E-state index contributed by atoms with van der Waals surface area (Å²) in [5.74, 6) is -0.288. The van der Waals surface area contributed by atoms with Gasteiger partial charge in [0.1, 0.15) is 0 Å². The number of aryl methyl sites for hydroxylation is 1. The van der Waals surface area contributed by atoms with Crippen LogP contribution in [0, 0.1) is 19.8 Å². The minimum atomic E-state index is -0.156. The largest absolute Gasteiger partial charge is 0.466 e. The van der Waals surface area contributed by atoms with E-state index in [9.17, 15) is 9.59 Å². The average molecular weight is 465 g/mol. The Bertz CT molecular complexity index is 1140. The van der Waals surface area contributed by atoms with Gasteiger partial charge in [-0.15, -0.1) is 0 Å². The molecule has 1 amide bonds. The van der Waals surface area contributed by atoms with Crippen molar-refractivity contribution in [2.75, 3.05) is 19.7 Å². The normalized spacial score (nSPS) is 14.4. The molecule has 1 aliphatic heterocycles. The van der Waals surface area contributed by atoms with E-state index in [1.54, 1.807) is 0 Å². The monoisotopic (exact) mass is 464 g/mol. The molecule has 4 rings (SSSR count). The number of nitrogens with zero attached hydrogens (tertiary/aromatic N) is 2. The van der Waals surface area contributed by atoms with Gasteiger partial charge in [-0.2, -0.15) is 0 Å². The van der Waals surface area contributed by atoms with Crippen LogP contribution in [0.2, 0.25) is 5.02 Å². The topological polar surface area (TPSA) is 51.5 Å². The van der Waals surface area contributed by atoms with Gasteiger partial charge in [-0.3, -0.25) is 9.59 Å². The second-order valence-electron chi connectivity index (χ2n) is 8.53. The second kappa shape index (κ2) is 9.84. The summed E-state index contributed by atoms with van der Waals surface area (Å²) in [7, 11) is 0. The number of carbonyl (C=O) groups excluding carboxylic acids is 2. The zero-order valence-corrected chi connectivity index (χ0v) is 20.1. The molecular weight excluding hydrogens is 436 g/mol. The number of amides is 1. The molecule has 0 saturated carbocycles. The van der Waals surface area contributed by atoms with Crippen molar-refractivity contribution in [2.24, 2.45) is 5.92 Å². The molecule has 0 N–H and O–H groups in total. The maximum absolute atomic E-state index is 13.5. The summed E-state index contributed by atoms with van der Waals surface area (Å²) in [4.78, 5) is 27.5. The van der Waals surface area contributed by atoms with Gasteiger partial charge in [-0.05, 0) is 69.5 Å². The molecule has 172 valence electrons. The van der Waals surface area contributed by atoms with E-state index in [0.717, 1.165) is 22.6 Å². The van der Waals surface area contributed by atoms with E-state index in [-0.39, 0.29) is 17.8 Å². The van der Waals surface area contributed by atoms with E-state index in [1.165, 1.54) is 5.56 Å². The van der Waals surface area contributed by atoms with Crippen LogP contribution in [0.25, 0.3) is 16.9 Å². The number of piperidine rings is 1. The maximum atomic E-state index is 13.5. The first-order valence-electron chi connectivity index (χ1n) is 11.4. The lowest BCUT2D eigenvalue weighted by molar-refractivity contribution is -0.149. The van der Waals surface area contributed by atoms with Crippen LogP contribution in [0.15, 0.2) is 54.6 Å². The van der Waals surface area contributed by atoms with Crippen molar-refractivity contribution in [1.29, 1.82) is 0 Å². The van der Waals surface area contributed by atoms with Crippen LogP contribution < -0.4 is 0 Å². The molecule has 1 aromatic heterocycles. The minimum absolute atomic E-state index is 0.00381. The lowest BCUT2D eigenvalue weighted by atomic mass is 9.96.